The normalized spacial score (nSPS) is 14.8. The second kappa shape index (κ2) is 8.90. The van der Waals surface area contributed by atoms with Gasteiger partial charge in [0.05, 0.1) is 0 Å². The van der Waals surface area contributed by atoms with Crippen molar-refractivity contribution in [3.05, 3.63) is 59.7 Å². The molecule has 0 spiro atoms. The number of hydrogen-bond acceptors (Lipinski definition) is 3. The van der Waals surface area contributed by atoms with E-state index in [0.29, 0.717) is 17.7 Å². The number of benzene rings is 2. The fourth-order valence-electron chi connectivity index (χ4n) is 3.45. The third-order valence-corrected chi connectivity index (χ3v) is 5.15. The Balaban J connectivity index is 1.67. The van der Waals surface area contributed by atoms with Crippen LogP contribution in [0.5, 0.6) is 0 Å². The molecule has 3 rings (SSSR count). The van der Waals surface area contributed by atoms with E-state index in [-0.39, 0.29) is 23.6 Å². The topological polar surface area (TPSA) is 78.5 Å². The monoisotopic (exact) mass is 393 g/mol. The van der Waals surface area contributed by atoms with Gasteiger partial charge < -0.3 is 15.5 Å². The molecule has 6 nitrogen and oxygen atoms in total. The Morgan fingerprint density at radius 2 is 1.72 bits per heavy atom. The fraction of sp³-hybridized carbons (Fsp3) is 0.348. The molecule has 1 aliphatic heterocycles. The van der Waals surface area contributed by atoms with Gasteiger partial charge in [-0.2, -0.15) is 0 Å². The maximum atomic E-state index is 12.8. The Morgan fingerprint density at radius 1 is 1.03 bits per heavy atom. The maximum Gasteiger partial charge on any atom is 0.252 e. The third kappa shape index (κ3) is 4.83. The minimum absolute atomic E-state index is 0.0792. The average molecular weight is 393 g/mol. The van der Waals surface area contributed by atoms with E-state index in [1.165, 1.54) is 0 Å². The van der Waals surface area contributed by atoms with E-state index in [0.717, 1.165) is 24.2 Å². The van der Waals surface area contributed by atoms with Crippen LogP contribution in [0.25, 0.3) is 0 Å². The summed E-state index contributed by atoms with van der Waals surface area (Å²) in [5, 5.41) is 5.72. The van der Waals surface area contributed by atoms with Gasteiger partial charge in [0.1, 0.15) is 6.04 Å². The van der Waals surface area contributed by atoms with Gasteiger partial charge in [-0.05, 0) is 55.2 Å². The molecule has 0 unspecified atom stereocenters. The van der Waals surface area contributed by atoms with Crippen molar-refractivity contribution in [2.75, 3.05) is 16.8 Å². The van der Waals surface area contributed by atoms with Crippen molar-refractivity contribution < 1.29 is 14.4 Å². The molecule has 0 bridgehead atoms. The van der Waals surface area contributed by atoms with Crippen LogP contribution in [-0.2, 0) is 9.59 Å². The van der Waals surface area contributed by atoms with E-state index >= 15 is 0 Å². The van der Waals surface area contributed by atoms with Gasteiger partial charge in [0.15, 0.2) is 0 Å². The molecule has 152 valence electrons. The summed E-state index contributed by atoms with van der Waals surface area (Å²) in [5.41, 5.74) is 2.88. The first kappa shape index (κ1) is 20.6. The molecule has 0 aliphatic carbocycles. The van der Waals surface area contributed by atoms with Crippen LogP contribution in [0.3, 0.4) is 0 Å². The molecule has 1 atom stereocenters. The minimum atomic E-state index is -0.665. The van der Waals surface area contributed by atoms with Crippen molar-refractivity contribution in [1.82, 2.24) is 5.32 Å². The predicted molar refractivity (Wildman–Crippen MR) is 114 cm³/mol. The zero-order chi connectivity index (χ0) is 21.0. The quantitative estimate of drug-likeness (QED) is 0.788. The highest BCUT2D eigenvalue weighted by Crippen LogP contribution is 2.23. The van der Waals surface area contributed by atoms with Gasteiger partial charge in [0.2, 0.25) is 11.8 Å². The lowest BCUT2D eigenvalue weighted by molar-refractivity contribution is -0.119. The van der Waals surface area contributed by atoms with E-state index in [1.54, 1.807) is 29.2 Å². The highest BCUT2D eigenvalue weighted by Gasteiger charge is 2.26. The first-order valence-electron chi connectivity index (χ1n) is 9.94. The van der Waals surface area contributed by atoms with Gasteiger partial charge in [-0.3, -0.25) is 14.4 Å². The Bertz CT molecular complexity index is 906. The molecule has 2 aromatic rings. The first-order chi connectivity index (χ1) is 13.9. The maximum absolute atomic E-state index is 12.8. The summed E-state index contributed by atoms with van der Waals surface area (Å²) < 4.78 is 0. The predicted octanol–water partition coefficient (Wildman–Crippen LogP) is 3.51. The largest absolute Gasteiger partial charge is 0.340 e. The molecule has 0 saturated carbocycles. The van der Waals surface area contributed by atoms with E-state index in [9.17, 15) is 14.4 Å². The van der Waals surface area contributed by atoms with Crippen LogP contribution in [-0.4, -0.2) is 30.3 Å². The van der Waals surface area contributed by atoms with E-state index in [2.05, 4.69) is 10.6 Å². The van der Waals surface area contributed by atoms with Crippen molar-refractivity contribution in [2.24, 2.45) is 5.92 Å². The third-order valence-electron chi connectivity index (χ3n) is 5.15. The standard InChI is InChI=1S/C23H27N3O3/c1-15(2)21(25-22(28)19-8-5-4-7-16(19)3)23(29)24-17-10-12-18(13-11-17)26-14-6-9-20(26)27/h4-5,7-8,10-13,15,21H,6,9,14H2,1-3H3,(H,24,29)(H,25,28)/t21-/m0/s1. The van der Waals surface area contributed by atoms with Crippen LogP contribution >= 0.6 is 0 Å². The lowest BCUT2D eigenvalue weighted by atomic mass is 10.0. The van der Waals surface area contributed by atoms with E-state index in [4.69, 9.17) is 0 Å². The Morgan fingerprint density at radius 3 is 2.31 bits per heavy atom. The van der Waals surface area contributed by atoms with Crippen LogP contribution in [0.15, 0.2) is 48.5 Å². The van der Waals surface area contributed by atoms with Gasteiger partial charge in [-0.15, -0.1) is 0 Å². The molecule has 3 amide bonds. The Kier molecular flexibility index (Phi) is 6.32. The molecular formula is C23H27N3O3. The smallest absolute Gasteiger partial charge is 0.252 e. The molecule has 6 heteroatoms. The van der Waals surface area contributed by atoms with Crippen molar-refractivity contribution in [3.8, 4) is 0 Å². The van der Waals surface area contributed by atoms with Crippen LogP contribution in [0.4, 0.5) is 11.4 Å². The van der Waals surface area contributed by atoms with Crippen molar-refractivity contribution in [2.45, 2.75) is 39.7 Å². The molecule has 1 heterocycles. The fourth-order valence-corrected chi connectivity index (χ4v) is 3.45. The van der Waals surface area contributed by atoms with Gasteiger partial charge >= 0.3 is 0 Å². The van der Waals surface area contributed by atoms with Crippen molar-refractivity contribution in [1.29, 1.82) is 0 Å². The number of carbonyl (C=O) groups is 3. The van der Waals surface area contributed by atoms with E-state index < -0.39 is 6.04 Å². The highest BCUT2D eigenvalue weighted by molar-refractivity contribution is 6.02. The molecule has 0 radical (unpaired) electrons. The summed E-state index contributed by atoms with van der Waals surface area (Å²) in [5.74, 6) is -0.489. The summed E-state index contributed by atoms with van der Waals surface area (Å²) >= 11 is 0. The Labute approximate surface area is 171 Å². The number of rotatable bonds is 6. The highest BCUT2D eigenvalue weighted by atomic mass is 16.2. The zero-order valence-corrected chi connectivity index (χ0v) is 17.1. The number of amides is 3. The van der Waals surface area contributed by atoms with Crippen LogP contribution in [0.1, 0.15) is 42.6 Å². The SMILES string of the molecule is Cc1ccccc1C(=O)N[C@H](C(=O)Nc1ccc(N2CCCC2=O)cc1)C(C)C. The number of hydrogen-bond donors (Lipinski definition) is 2. The van der Waals surface area contributed by atoms with E-state index in [1.807, 2.05) is 45.0 Å². The van der Waals surface area contributed by atoms with Gasteiger partial charge in [0.25, 0.3) is 5.91 Å². The van der Waals surface area contributed by atoms with Crippen LogP contribution in [0.2, 0.25) is 0 Å². The lowest BCUT2D eigenvalue weighted by Gasteiger charge is -2.22. The van der Waals surface area contributed by atoms with Gasteiger partial charge in [0, 0.05) is 29.9 Å². The molecule has 0 aromatic heterocycles. The first-order valence-corrected chi connectivity index (χ1v) is 9.94. The number of carbonyl (C=O) groups excluding carboxylic acids is 3. The number of anilines is 2. The average Bonchev–Trinajstić information content (AvgIpc) is 3.12. The molecule has 1 aliphatic rings. The summed E-state index contributed by atoms with van der Waals surface area (Å²) in [4.78, 5) is 39.1. The summed E-state index contributed by atoms with van der Waals surface area (Å²) in [6.07, 6.45) is 1.45. The number of aryl methyl sites for hydroxylation is 1. The molecule has 2 aromatic carbocycles. The minimum Gasteiger partial charge on any atom is -0.340 e. The molecule has 1 saturated heterocycles. The molecule has 2 N–H and O–H groups in total. The number of nitrogens with zero attached hydrogens (tertiary/aromatic N) is 1. The summed E-state index contributed by atoms with van der Waals surface area (Å²) in [6, 6.07) is 13.8. The zero-order valence-electron chi connectivity index (χ0n) is 17.1. The lowest BCUT2D eigenvalue weighted by Crippen LogP contribution is -2.47. The molecule has 1 fully saturated rings. The second-order valence-electron chi connectivity index (χ2n) is 7.70. The van der Waals surface area contributed by atoms with Crippen molar-refractivity contribution in [3.63, 3.8) is 0 Å². The molecular weight excluding hydrogens is 366 g/mol. The van der Waals surface area contributed by atoms with Gasteiger partial charge in [-0.1, -0.05) is 32.0 Å². The second-order valence-corrected chi connectivity index (χ2v) is 7.70. The Hall–Kier alpha value is -3.15. The summed E-state index contributed by atoms with van der Waals surface area (Å²) in [7, 11) is 0. The van der Waals surface area contributed by atoms with Crippen LogP contribution < -0.4 is 15.5 Å². The van der Waals surface area contributed by atoms with Crippen molar-refractivity contribution >= 4 is 29.1 Å². The van der Waals surface area contributed by atoms with Gasteiger partial charge in [-0.25, -0.2) is 0 Å². The number of nitrogens with one attached hydrogen (secondary N) is 2. The van der Waals surface area contributed by atoms with Crippen LogP contribution in [0, 0.1) is 12.8 Å². The summed E-state index contributed by atoms with van der Waals surface area (Å²) in [6.45, 7) is 6.38. The molecule has 29 heavy (non-hydrogen) atoms.